The second kappa shape index (κ2) is 7.48. The summed E-state index contributed by atoms with van der Waals surface area (Å²) in [4.78, 5) is 19.0. The molecule has 0 aliphatic carbocycles. The number of fused-ring (bicyclic) bond motifs is 2. The van der Waals surface area contributed by atoms with Crippen LogP contribution in [0.1, 0.15) is 28.2 Å². The molecule has 0 spiro atoms. The van der Waals surface area contributed by atoms with Crippen molar-refractivity contribution in [2.45, 2.75) is 13.0 Å². The molecule has 5 nitrogen and oxygen atoms in total. The highest BCUT2D eigenvalue weighted by Crippen LogP contribution is 2.31. The molecule has 142 valence electrons. The van der Waals surface area contributed by atoms with E-state index in [1.54, 1.807) is 14.2 Å². The molecule has 0 unspecified atom stereocenters. The topological polar surface area (TPSA) is 60.5 Å². The molecule has 4 aromatic rings. The number of carbonyl (C=O) groups excluding carboxylic acids is 1. The van der Waals surface area contributed by atoms with E-state index >= 15 is 0 Å². The number of rotatable bonds is 5. The van der Waals surface area contributed by atoms with Gasteiger partial charge in [0.1, 0.15) is 4.83 Å². The van der Waals surface area contributed by atoms with Gasteiger partial charge in [-0.25, -0.2) is 4.98 Å². The molecule has 1 atom stereocenters. The Labute approximate surface area is 166 Å². The van der Waals surface area contributed by atoms with Crippen LogP contribution in [0.25, 0.3) is 21.1 Å². The Bertz CT molecular complexity index is 1120. The zero-order valence-electron chi connectivity index (χ0n) is 15.9. The maximum Gasteiger partial charge on any atom is 0.261 e. The lowest BCUT2D eigenvalue weighted by Gasteiger charge is -2.16. The summed E-state index contributed by atoms with van der Waals surface area (Å²) >= 11 is 1.40. The monoisotopic (exact) mass is 392 g/mol. The van der Waals surface area contributed by atoms with Crippen molar-refractivity contribution in [3.8, 4) is 11.5 Å². The number of benzene rings is 2. The first-order valence-electron chi connectivity index (χ1n) is 8.91. The lowest BCUT2D eigenvalue weighted by atomic mass is 10.1. The van der Waals surface area contributed by atoms with Gasteiger partial charge in [0.05, 0.1) is 30.7 Å². The van der Waals surface area contributed by atoms with Gasteiger partial charge in [0.25, 0.3) is 5.91 Å². The van der Waals surface area contributed by atoms with Crippen molar-refractivity contribution in [3.05, 3.63) is 65.0 Å². The third-order valence-electron chi connectivity index (χ3n) is 4.69. The molecule has 2 heterocycles. The highest BCUT2D eigenvalue weighted by molar-refractivity contribution is 7.20. The number of pyridine rings is 1. The molecule has 0 radical (unpaired) electrons. The number of para-hydroxylation sites is 1. The van der Waals surface area contributed by atoms with Crippen molar-refractivity contribution in [2.24, 2.45) is 0 Å². The second-order valence-corrected chi connectivity index (χ2v) is 7.53. The Morgan fingerprint density at radius 1 is 1.00 bits per heavy atom. The normalized spacial score (nSPS) is 12.1. The number of aromatic nitrogens is 1. The van der Waals surface area contributed by atoms with Crippen molar-refractivity contribution in [1.82, 2.24) is 10.3 Å². The fourth-order valence-corrected chi connectivity index (χ4v) is 4.09. The van der Waals surface area contributed by atoms with Crippen molar-refractivity contribution in [1.29, 1.82) is 0 Å². The van der Waals surface area contributed by atoms with E-state index in [2.05, 4.69) is 16.4 Å². The largest absolute Gasteiger partial charge is 0.493 e. The number of carbonyl (C=O) groups is 1. The predicted octanol–water partition coefficient (Wildman–Crippen LogP) is 4.96. The predicted molar refractivity (Wildman–Crippen MR) is 113 cm³/mol. The van der Waals surface area contributed by atoms with Gasteiger partial charge < -0.3 is 14.8 Å². The van der Waals surface area contributed by atoms with E-state index < -0.39 is 0 Å². The smallest absolute Gasteiger partial charge is 0.261 e. The van der Waals surface area contributed by atoms with Gasteiger partial charge in [-0.15, -0.1) is 11.3 Å². The average Bonchev–Trinajstić information content (AvgIpc) is 3.14. The number of nitrogens with zero attached hydrogens (tertiary/aromatic N) is 1. The summed E-state index contributed by atoms with van der Waals surface area (Å²) in [5.74, 6) is 1.18. The van der Waals surface area contributed by atoms with E-state index in [1.165, 1.54) is 11.3 Å². The molecular weight excluding hydrogens is 372 g/mol. The van der Waals surface area contributed by atoms with Crippen molar-refractivity contribution < 1.29 is 14.3 Å². The first-order chi connectivity index (χ1) is 13.6. The van der Waals surface area contributed by atoms with Crippen molar-refractivity contribution >= 4 is 38.4 Å². The first kappa shape index (κ1) is 18.3. The number of hydrogen-bond donors (Lipinski definition) is 1. The molecule has 0 aliphatic heterocycles. The molecular formula is C22H20N2O3S. The Morgan fingerprint density at radius 2 is 1.79 bits per heavy atom. The summed E-state index contributed by atoms with van der Waals surface area (Å²) in [5, 5.41) is 5.10. The summed E-state index contributed by atoms with van der Waals surface area (Å²) in [7, 11) is 3.20. The SMILES string of the molecule is COc1ccc([C@H](C)NC(=O)c2cc3cc4ccccc4nc3s2)cc1OC. The maximum atomic E-state index is 12.8. The van der Waals surface area contributed by atoms with Crippen LogP contribution in [0.15, 0.2) is 54.6 Å². The molecule has 6 heteroatoms. The number of amides is 1. The maximum absolute atomic E-state index is 12.8. The minimum atomic E-state index is -0.176. The molecule has 0 bridgehead atoms. The van der Waals surface area contributed by atoms with Gasteiger partial charge in [-0.2, -0.15) is 0 Å². The lowest BCUT2D eigenvalue weighted by Crippen LogP contribution is -2.25. The highest BCUT2D eigenvalue weighted by Gasteiger charge is 2.16. The van der Waals surface area contributed by atoms with E-state index in [1.807, 2.05) is 55.5 Å². The summed E-state index contributed by atoms with van der Waals surface area (Å²) in [6.45, 7) is 1.94. The Morgan fingerprint density at radius 3 is 2.57 bits per heavy atom. The van der Waals surface area contributed by atoms with Gasteiger partial charge in [-0.05, 0) is 42.8 Å². The third-order valence-corrected chi connectivity index (χ3v) is 5.73. The van der Waals surface area contributed by atoms with Gasteiger partial charge in [-0.1, -0.05) is 24.3 Å². The Kier molecular flexibility index (Phi) is 4.88. The van der Waals surface area contributed by atoms with Crippen molar-refractivity contribution in [3.63, 3.8) is 0 Å². The van der Waals surface area contributed by atoms with E-state index in [0.29, 0.717) is 16.4 Å². The number of thiophene rings is 1. The molecule has 0 aliphatic rings. The van der Waals surface area contributed by atoms with E-state index in [0.717, 1.165) is 26.7 Å². The summed E-state index contributed by atoms with van der Waals surface area (Å²) in [5.41, 5.74) is 1.87. The number of nitrogens with one attached hydrogen (secondary N) is 1. The number of methoxy groups -OCH3 is 2. The van der Waals surface area contributed by atoms with Gasteiger partial charge >= 0.3 is 0 Å². The zero-order valence-corrected chi connectivity index (χ0v) is 16.7. The number of ether oxygens (including phenoxy) is 2. The van der Waals surface area contributed by atoms with Gasteiger partial charge in [-0.3, -0.25) is 4.79 Å². The highest BCUT2D eigenvalue weighted by atomic mass is 32.1. The summed E-state index contributed by atoms with van der Waals surface area (Å²) in [6.07, 6.45) is 0. The molecule has 0 saturated heterocycles. The van der Waals surface area contributed by atoms with E-state index in [9.17, 15) is 4.79 Å². The summed E-state index contributed by atoms with van der Waals surface area (Å²) < 4.78 is 10.6. The van der Waals surface area contributed by atoms with Crippen LogP contribution in [0.4, 0.5) is 0 Å². The van der Waals surface area contributed by atoms with Crippen LogP contribution < -0.4 is 14.8 Å². The zero-order chi connectivity index (χ0) is 19.7. The summed E-state index contributed by atoms with van der Waals surface area (Å²) in [6, 6.07) is 17.4. The van der Waals surface area contributed by atoms with E-state index in [-0.39, 0.29) is 11.9 Å². The number of hydrogen-bond acceptors (Lipinski definition) is 5. The van der Waals surface area contributed by atoms with Crippen LogP contribution in [0.2, 0.25) is 0 Å². The first-order valence-corrected chi connectivity index (χ1v) is 9.73. The third kappa shape index (κ3) is 3.39. The molecule has 0 saturated carbocycles. The molecule has 0 fully saturated rings. The van der Waals surface area contributed by atoms with Gasteiger partial charge in [0.2, 0.25) is 0 Å². The standard InChI is InChI=1S/C22H20N2O3S/c1-13(14-8-9-18(26-2)19(11-14)27-3)23-21(25)20-12-16-10-15-6-4-5-7-17(15)24-22(16)28-20/h4-13H,1-3H3,(H,23,25)/t13-/m0/s1. The van der Waals surface area contributed by atoms with E-state index in [4.69, 9.17) is 9.47 Å². The quantitative estimate of drug-likeness (QED) is 0.522. The van der Waals surface area contributed by atoms with Crippen LogP contribution >= 0.6 is 11.3 Å². The van der Waals surface area contributed by atoms with Crippen LogP contribution in [0, 0.1) is 0 Å². The minimum Gasteiger partial charge on any atom is -0.493 e. The van der Waals surface area contributed by atoms with Crippen LogP contribution in [0.3, 0.4) is 0 Å². The van der Waals surface area contributed by atoms with Crippen molar-refractivity contribution in [2.75, 3.05) is 14.2 Å². The molecule has 1 N–H and O–H groups in total. The van der Waals surface area contributed by atoms with Crippen LogP contribution in [-0.4, -0.2) is 25.1 Å². The Balaban J connectivity index is 1.58. The van der Waals surface area contributed by atoms with Gasteiger partial charge in [0, 0.05) is 10.8 Å². The molecule has 1 amide bonds. The van der Waals surface area contributed by atoms with Crippen LogP contribution in [0.5, 0.6) is 11.5 Å². The molecule has 28 heavy (non-hydrogen) atoms. The fourth-order valence-electron chi connectivity index (χ4n) is 3.16. The minimum absolute atomic E-state index is 0.116. The lowest BCUT2D eigenvalue weighted by molar-refractivity contribution is 0.0944. The second-order valence-electron chi connectivity index (χ2n) is 6.50. The molecule has 2 aromatic heterocycles. The Hall–Kier alpha value is -3.12. The molecule has 4 rings (SSSR count). The average molecular weight is 392 g/mol. The van der Waals surface area contributed by atoms with Gasteiger partial charge in [0.15, 0.2) is 11.5 Å². The van der Waals surface area contributed by atoms with Crippen LogP contribution in [-0.2, 0) is 0 Å². The molecule has 2 aromatic carbocycles. The fraction of sp³-hybridized carbons (Fsp3) is 0.182.